The first-order valence-corrected chi connectivity index (χ1v) is 9.99. The van der Waals surface area contributed by atoms with E-state index in [2.05, 4.69) is 45.2 Å². The molecule has 0 saturated heterocycles. The third kappa shape index (κ3) is 3.03. The van der Waals surface area contributed by atoms with Crippen molar-refractivity contribution >= 4 is 33.2 Å². The molecule has 0 N–H and O–H groups in total. The Morgan fingerprint density at radius 1 is 1.00 bits per heavy atom. The predicted molar refractivity (Wildman–Crippen MR) is 111 cm³/mol. The lowest BCUT2D eigenvalue weighted by Gasteiger charge is -2.38. The van der Waals surface area contributed by atoms with Crippen LogP contribution in [0.3, 0.4) is 0 Å². The number of hydrazone groups is 1. The molecule has 2 heterocycles. The van der Waals surface area contributed by atoms with E-state index in [-0.39, 0.29) is 12.3 Å². The van der Waals surface area contributed by atoms with Gasteiger partial charge in [0, 0.05) is 27.0 Å². The van der Waals surface area contributed by atoms with Gasteiger partial charge in [0.25, 0.3) is 0 Å². The zero-order valence-corrected chi connectivity index (χ0v) is 16.7. The van der Waals surface area contributed by atoms with Crippen LogP contribution in [0.25, 0.3) is 0 Å². The van der Waals surface area contributed by atoms with Crippen LogP contribution in [0.4, 0.5) is 0 Å². The van der Waals surface area contributed by atoms with Crippen molar-refractivity contribution in [2.75, 3.05) is 0 Å². The van der Waals surface area contributed by atoms with E-state index < -0.39 is 0 Å². The predicted octanol–water partition coefficient (Wildman–Crippen LogP) is 6.34. The maximum Gasteiger partial charge on any atom is 0.213 e. The van der Waals surface area contributed by atoms with Gasteiger partial charge in [0.15, 0.2) is 0 Å². The second-order valence-corrected chi connectivity index (χ2v) is 8.07. The molecule has 0 saturated carbocycles. The number of nitrogens with zero attached hydrogens (tertiary/aromatic N) is 2. The Labute approximate surface area is 171 Å². The average Bonchev–Trinajstić information content (AvgIpc) is 3.15. The van der Waals surface area contributed by atoms with Gasteiger partial charge in [0.2, 0.25) is 6.23 Å². The molecular weight excluding hydrogens is 424 g/mol. The van der Waals surface area contributed by atoms with Gasteiger partial charge in [-0.3, -0.25) is 0 Å². The summed E-state index contributed by atoms with van der Waals surface area (Å²) in [5.74, 6) is 0.873. The Kier molecular flexibility index (Phi) is 4.18. The molecule has 0 fully saturated rings. The van der Waals surface area contributed by atoms with E-state index in [0.29, 0.717) is 5.02 Å². The summed E-state index contributed by atoms with van der Waals surface area (Å²) in [5, 5.41) is 7.75. The Hall–Kier alpha value is -2.30. The van der Waals surface area contributed by atoms with E-state index in [9.17, 15) is 0 Å². The second-order valence-electron chi connectivity index (χ2n) is 6.72. The van der Waals surface area contributed by atoms with Crippen molar-refractivity contribution in [3.8, 4) is 5.75 Å². The highest BCUT2D eigenvalue weighted by atomic mass is 79.9. The van der Waals surface area contributed by atoms with Gasteiger partial charge in [0.1, 0.15) is 5.75 Å². The quantitative estimate of drug-likeness (QED) is 0.465. The Bertz CT molecular complexity index is 1020. The van der Waals surface area contributed by atoms with E-state index in [1.807, 2.05) is 48.5 Å². The van der Waals surface area contributed by atoms with Gasteiger partial charge in [0.05, 0.1) is 11.8 Å². The SMILES string of the molecule is Clc1ccc2c(c1)[C@@H]1CC(c3ccccc3)=NN1[C@@H](c1ccc(Br)cc1)O2. The number of benzene rings is 3. The molecule has 3 aromatic rings. The zero-order valence-electron chi connectivity index (χ0n) is 14.3. The van der Waals surface area contributed by atoms with Gasteiger partial charge in [-0.1, -0.05) is 70.0 Å². The summed E-state index contributed by atoms with van der Waals surface area (Å²) in [6, 6.07) is 24.5. The molecule has 0 amide bonds. The minimum Gasteiger partial charge on any atom is -0.464 e. The molecule has 5 heteroatoms. The number of hydrogen-bond acceptors (Lipinski definition) is 3. The molecule has 2 aliphatic heterocycles. The highest BCUT2D eigenvalue weighted by Crippen LogP contribution is 2.48. The first kappa shape index (κ1) is 16.8. The Balaban J connectivity index is 1.61. The number of fused-ring (bicyclic) bond motifs is 3. The summed E-state index contributed by atoms with van der Waals surface area (Å²) >= 11 is 9.78. The average molecular weight is 440 g/mol. The van der Waals surface area contributed by atoms with Gasteiger partial charge < -0.3 is 4.74 Å². The lowest BCUT2D eigenvalue weighted by atomic mass is 9.96. The monoisotopic (exact) mass is 438 g/mol. The van der Waals surface area contributed by atoms with E-state index >= 15 is 0 Å². The number of hydrogen-bond donors (Lipinski definition) is 0. The smallest absolute Gasteiger partial charge is 0.213 e. The van der Waals surface area contributed by atoms with Gasteiger partial charge in [-0.2, -0.15) is 5.10 Å². The fraction of sp³-hybridized carbons (Fsp3) is 0.136. The molecule has 3 nitrogen and oxygen atoms in total. The van der Waals surface area contributed by atoms with Crippen LogP contribution >= 0.6 is 27.5 Å². The standard InChI is InChI=1S/C22H16BrClN2O/c23-16-8-6-15(7-9-16)22-26-20(18-12-17(24)10-11-21(18)27-22)13-19(25-26)14-4-2-1-3-5-14/h1-12,20,22H,13H2/t20-,22+/m0/s1. The highest BCUT2D eigenvalue weighted by Gasteiger charge is 2.41. The van der Waals surface area contributed by atoms with Crippen LogP contribution in [0.2, 0.25) is 5.02 Å². The lowest BCUT2D eigenvalue weighted by molar-refractivity contribution is -0.0190. The number of rotatable bonds is 2. The fourth-order valence-corrected chi connectivity index (χ4v) is 4.16. The molecule has 0 bridgehead atoms. The van der Waals surface area contributed by atoms with E-state index in [0.717, 1.165) is 39.0 Å². The second kappa shape index (κ2) is 6.70. The van der Waals surface area contributed by atoms with E-state index in [4.69, 9.17) is 21.4 Å². The Morgan fingerprint density at radius 2 is 1.78 bits per heavy atom. The van der Waals surface area contributed by atoms with Crippen LogP contribution in [0.1, 0.15) is 35.4 Å². The number of ether oxygens (including phenoxy) is 1. The Morgan fingerprint density at radius 3 is 2.56 bits per heavy atom. The van der Waals surface area contributed by atoms with Gasteiger partial charge in [-0.15, -0.1) is 0 Å². The summed E-state index contributed by atoms with van der Waals surface area (Å²) in [6.45, 7) is 0. The summed E-state index contributed by atoms with van der Waals surface area (Å²) < 4.78 is 7.40. The van der Waals surface area contributed by atoms with Gasteiger partial charge in [-0.25, -0.2) is 5.01 Å². The van der Waals surface area contributed by atoms with Gasteiger partial charge >= 0.3 is 0 Å². The van der Waals surface area contributed by atoms with Crippen molar-refractivity contribution < 1.29 is 4.74 Å². The van der Waals surface area contributed by atoms with Crippen LogP contribution < -0.4 is 4.74 Å². The van der Waals surface area contributed by atoms with Crippen molar-refractivity contribution in [1.82, 2.24) is 5.01 Å². The zero-order chi connectivity index (χ0) is 18.4. The molecule has 0 radical (unpaired) electrons. The minimum absolute atomic E-state index is 0.108. The van der Waals surface area contributed by atoms with E-state index in [1.165, 1.54) is 0 Å². The molecule has 27 heavy (non-hydrogen) atoms. The molecule has 3 aromatic carbocycles. The van der Waals surface area contributed by atoms with Crippen molar-refractivity contribution in [3.63, 3.8) is 0 Å². The minimum atomic E-state index is -0.266. The maximum absolute atomic E-state index is 6.36. The summed E-state index contributed by atoms with van der Waals surface area (Å²) in [4.78, 5) is 0. The topological polar surface area (TPSA) is 24.8 Å². The first-order valence-electron chi connectivity index (χ1n) is 8.82. The van der Waals surface area contributed by atoms with Crippen LogP contribution in [-0.4, -0.2) is 10.7 Å². The van der Waals surface area contributed by atoms with Crippen molar-refractivity contribution in [2.45, 2.75) is 18.7 Å². The van der Waals surface area contributed by atoms with Crippen LogP contribution in [-0.2, 0) is 0 Å². The molecule has 0 aliphatic carbocycles. The summed E-state index contributed by atoms with van der Waals surface area (Å²) in [7, 11) is 0. The molecule has 2 atom stereocenters. The molecule has 134 valence electrons. The molecule has 0 spiro atoms. The molecule has 2 aliphatic rings. The van der Waals surface area contributed by atoms with Crippen molar-refractivity contribution in [2.24, 2.45) is 5.10 Å². The highest BCUT2D eigenvalue weighted by molar-refractivity contribution is 9.10. The summed E-state index contributed by atoms with van der Waals surface area (Å²) in [5.41, 5.74) is 4.37. The largest absolute Gasteiger partial charge is 0.464 e. The molecule has 0 unspecified atom stereocenters. The third-order valence-electron chi connectivity index (χ3n) is 5.01. The molecule has 0 aromatic heterocycles. The first-order chi connectivity index (χ1) is 13.2. The maximum atomic E-state index is 6.36. The molecular formula is C22H16BrClN2O. The molecule has 5 rings (SSSR count). The van der Waals surface area contributed by atoms with Crippen LogP contribution in [0.15, 0.2) is 82.4 Å². The van der Waals surface area contributed by atoms with Crippen molar-refractivity contribution in [3.05, 3.63) is 99.0 Å². The summed E-state index contributed by atoms with van der Waals surface area (Å²) in [6.07, 6.45) is 0.561. The van der Waals surface area contributed by atoms with Gasteiger partial charge in [-0.05, 0) is 35.9 Å². The fourth-order valence-electron chi connectivity index (χ4n) is 3.71. The van der Waals surface area contributed by atoms with Crippen LogP contribution in [0.5, 0.6) is 5.75 Å². The van der Waals surface area contributed by atoms with E-state index in [1.54, 1.807) is 0 Å². The number of halogens is 2. The van der Waals surface area contributed by atoms with Crippen LogP contribution in [0, 0.1) is 0 Å². The lowest BCUT2D eigenvalue weighted by Crippen LogP contribution is -2.33. The normalized spacial score (nSPS) is 20.5. The van der Waals surface area contributed by atoms with Crippen molar-refractivity contribution in [1.29, 1.82) is 0 Å². The third-order valence-corrected chi connectivity index (χ3v) is 5.78.